The quantitative estimate of drug-likeness (QED) is 0.366. The van der Waals surface area contributed by atoms with Crippen molar-refractivity contribution in [2.45, 2.75) is 19.1 Å². The first-order valence-electron chi connectivity index (χ1n) is 11.1. The van der Waals surface area contributed by atoms with Crippen LogP contribution in [0.5, 0.6) is 0 Å². The summed E-state index contributed by atoms with van der Waals surface area (Å²) >= 11 is 0. The zero-order valence-electron chi connectivity index (χ0n) is 19.3. The average molecular weight is 495 g/mol. The van der Waals surface area contributed by atoms with Crippen molar-refractivity contribution in [2.75, 3.05) is 36.9 Å². The van der Waals surface area contributed by atoms with E-state index in [0.29, 0.717) is 31.2 Å². The SMILES string of the molecule is CC(NC(=O)c1nnc(Nc2cnc(C#N)cn2)cc1NCC1CNCCO1)c1c(F)cccc1F. The molecule has 0 aliphatic carbocycles. The summed E-state index contributed by atoms with van der Waals surface area (Å²) in [5.74, 6) is -1.64. The van der Waals surface area contributed by atoms with Crippen LogP contribution >= 0.6 is 0 Å². The molecule has 0 spiro atoms. The molecule has 13 heteroatoms. The van der Waals surface area contributed by atoms with E-state index >= 15 is 0 Å². The number of ether oxygens (including phenoxy) is 1. The van der Waals surface area contributed by atoms with E-state index in [-0.39, 0.29) is 28.9 Å². The fourth-order valence-electron chi connectivity index (χ4n) is 3.57. The molecule has 1 aliphatic heterocycles. The molecule has 2 aromatic heterocycles. The highest BCUT2D eigenvalue weighted by atomic mass is 19.1. The number of hydrogen-bond acceptors (Lipinski definition) is 10. The summed E-state index contributed by atoms with van der Waals surface area (Å²) in [5, 5.41) is 28.8. The van der Waals surface area contributed by atoms with Crippen LogP contribution < -0.4 is 21.3 Å². The molecule has 0 saturated carbocycles. The molecular formula is C23H23F2N9O2. The van der Waals surface area contributed by atoms with Crippen molar-refractivity contribution in [2.24, 2.45) is 0 Å². The molecule has 1 amide bonds. The summed E-state index contributed by atoms with van der Waals surface area (Å²) in [5.41, 5.74) is 0.149. The van der Waals surface area contributed by atoms with Gasteiger partial charge in [0.1, 0.15) is 23.5 Å². The fourth-order valence-corrected chi connectivity index (χ4v) is 3.57. The van der Waals surface area contributed by atoms with E-state index in [1.54, 1.807) is 6.07 Å². The maximum Gasteiger partial charge on any atom is 0.274 e. The zero-order valence-corrected chi connectivity index (χ0v) is 19.3. The number of aromatic nitrogens is 4. The van der Waals surface area contributed by atoms with Gasteiger partial charge >= 0.3 is 0 Å². The van der Waals surface area contributed by atoms with Crippen molar-refractivity contribution in [1.82, 2.24) is 30.8 Å². The number of carbonyl (C=O) groups excluding carboxylic acids is 1. The van der Waals surface area contributed by atoms with Crippen molar-refractivity contribution in [3.05, 3.63) is 65.2 Å². The van der Waals surface area contributed by atoms with Crippen molar-refractivity contribution < 1.29 is 18.3 Å². The monoisotopic (exact) mass is 495 g/mol. The Balaban J connectivity index is 1.55. The highest BCUT2D eigenvalue weighted by molar-refractivity contribution is 5.98. The fraction of sp³-hybridized carbons (Fsp3) is 0.304. The van der Waals surface area contributed by atoms with E-state index in [4.69, 9.17) is 10.00 Å². The maximum atomic E-state index is 14.2. The second-order valence-electron chi connectivity index (χ2n) is 7.92. The van der Waals surface area contributed by atoms with E-state index in [1.165, 1.54) is 25.4 Å². The molecule has 186 valence electrons. The van der Waals surface area contributed by atoms with Crippen molar-refractivity contribution in [3.63, 3.8) is 0 Å². The molecule has 3 heterocycles. The smallest absolute Gasteiger partial charge is 0.274 e. The lowest BCUT2D eigenvalue weighted by atomic mass is 10.1. The number of halogens is 2. The van der Waals surface area contributed by atoms with Crippen LogP contribution in [-0.2, 0) is 4.74 Å². The van der Waals surface area contributed by atoms with Crippen LogP contribution in [0.4, 0.5) is 26.1 Å². The van der Waals surface area contributed by atoms with Gasteiger partial charge < -0.3 is 26.0 Å². The molecule has 1 saturated heterocycles. The predicted octanol–water partition coefficient (Wildman–Crippen LogP) is 2.05. The Morgan fingerprint density at radius 2 is 2.06 bits per heavy atom. The number of anilines is 3. The van der Waals surface area contributed by atoms with E-state index in [2.05, 4.69) is 41.4 Å². The molecule has 2 atom stereocenters. The Bertz CT molecular complexity index is 1240. The summed E-state index contributed by atoms with van der Waals surface area (Å²) in [6.45, 7) is 3.78. The van der Waals surface area contributed by atoms with Gasteiger partial charge in [0, 0.05) is 31.3 Å². The van der Waals surface area contributed by atoms with E-state index in [9.17, 15) is 13.6 Å². The number of nitriles is 1. The third-order valence-corrected chi connectivity index (χ3v) is 5.34. The normalized spacial score (nSPS) is 16.0. The molecule has 0 bridgehead atoms. The molecule has 4 N–H and O–H groups in total. The number of morpholine rings is 1. The minimum Gasteiger partial charge on any atom is -0.380 e. The Morgan fingerprint density at radius 3 is 2.72 bits per heavy atom. The first-order chi connectivity index (χ1) is 17.4. The Labute approximate surface area is 205 Å². The number of amides is 1. The third kappa shape index (κ3) is 6.04. The first-order valence-corrected chi connectivity index (χ1v) is 11.1. The molecular weight excluding hydrogens is 472 g/mol. The van der Waals surface area contributed by atoms with Gasteiger partial charge in [-0.1, -0.05) is 6.07 Å². The van der Waals surface area contributed by atoms with E-state index in [0.717, 1.165) is 18.7 Å². The lowest BCUT2D eigenvalue weighted by Gasteiger charge is -2.24. The predicted molar refractivity (Wildman–Crippen MR) is 125 cm³/mol. The second-order valence-corrected chi connectivity index (χ2v) is 7.92. The standard InChI is InChI=1S/C23H23F2N9O2/c1-13(21-16(24)3-2-4-17(21)25)31-23(35)22-18(29-11-15-10-27-5-6-36-15)7-19(33-34-22)32-20-12-28-14(8-26)9-30-20/h2-4,7,9,12-13,15,27H,5-6,10-11H2,1H3,(H,31,35)(H2,29,30,32,33). The molecule has 0 radical (unpaired) electrons. The Morgan fingerprint density at radius 1 is 1.25 bits per heavy atom. The molecule has 1 fully saturated rings. The second kappa shape index (κ2) is 11.4. The molecule has 36 heavy (non-hydrogen) atoms. The molecule has 11 nitrogen and oxygen atoms in total. The van der Waals surface area contributed by atoms with Crippen molar-refractivity contribution in [1.29, 1.82) is 5.26 Å². The van der Waals surface area contributed by atoms with E-state index < -0.39 is 23.6 Å². The van der Waals surface area contributed by atoms with Crippen LogP contribution in [-0.4, -0.2) is 58.4 Å². The van der Waals surface area contributed by atoms with Crippen molar-refractivity contribution in [3.8, 4) is 6.07 Å². The van der Waals surface area contributed by atoms with Crippen LogP contribution in [0.15, 0.2) is 36.7 Å². The number of benzene rings is 1. The zero-order chi connectivity index (χ0) is 25.5. The van der Waals surface area contributed by atoms with Gasteiger partial charge in [-0.25, -0.2) is 18.7 Å². The van der Waals surface area contributed by atoms with E-state index in [1.807, 2.05) is 6.07 Å². The maximum absolute atomic E-state index is 14.2. The van der Waals surface area contributed by atoms with Crippen LogP contribution in [0.25, 0.3) is 0 Å². The van der Waals surface area contributed by atoms with Gasteiger partial charge in [-0.15, -0.1) is 10.2 Å². The summed E-state index contributed by atoms with van der Waals surface area (Å²) in [7, 11) is 0. The molecule has 4 rings (SSSR count). The van der Waals surface area contributed by atoms with Gasteiger partial charge in [-0.2, -0.15) is 5.26 Å². The molecule has 1 aliphatic rings. The van der Waals surface area contributed by atoms with Gasteiger partial charge in [0.2, 0.25) is 0 Å². The molecule has 3 aromatic rings. The number of rotatable bonds is 8. The largest absolute Gasteiger partial charge is 0.380 e. The van der Waals surface area contributed by atoms with Gasteiger partial charge in [-0.05, 0) is 19.1 Å². The number of nitrogens with zero attached hydrogens (tertiary/aromatic N) is 5. The summed E-state index contributed by atoms with van der Waals surface area (Å²) in [6, 6.07) is 5.96. The third-order valence-electron chi connectivity index (χ3n) is 5.34. The average Bonchev–Trinajstić information content (AvgIpc) is 2.88. The minimum atomic E-state index is -0.967. The Hall–Kier alpha value is -4.28. The summed E-state index contributed by atoms with van der Waals surface area (Å²) in [6.07, 6.45) is 2.52. The number of nitrogens with one attached hydrogen (secondary N) is 4. The van der Waals surface area contributed by atoms with Crippen LogP contribution in [0, 0.1) is 23.0 Å². The van der Waals surface area contributed by atoms with Gasteiger partial charge in [0.05, 0.1) is 36.8 Å². The van der Waals surface area contributed by atoms with Crippen LogP contribution in [0.2, 0.25) is 0 Å². The van der Waals surface area contributed by atoms with Crippen LogP contribution in [0.1, 0.15) is 34.7 Å². The lowest BCUT2D eigenvalue weighted by Crippen LogP contribution is -2.42. The minimum absolute atomic E-state index is 0.0705. The van der Waals surface area contributed by atoms with Crippen LogP contribution in [0.3, 0.4) is 0 Å². The van der Waals surface area contributed by atoms with Crippen molar-refractivity contribution >= 4 is 23.2 Å². The number of hydrogen-bond donors (Lipinski definition) is 4. The van der Waals surface area contributed by atoms with Gasteiger partial charge in [0.25, 0.3) is 5.91 Å². The summed E-state index contributed by atoms with van der Waals surface area (Å²) < 4.78 is 34.0. The Kier molecular flexibility index (Phi) is 7.89. The topological polar surface area (TPSA) is 150 Å². The first kappa shape index (κ1) is 24.8. The summed E-state index contributed by atoms with van der Waals surface area (Å²) in [4.78, 5) is 21.1. The molecule has 2 unspecified atom stereocenters. The molecule has 1 aromatic carbocycles. The lowest BCUT2D eigenvalue weighted by molar-refractivity contribution is 0.0372. The van der Waals surface area contributed by atoms with Gasteiger partial charge in [-0.3, -0.25) is 4.79 Å². The number of carbonyl (C=O) groups is 1. The highest BCUT2D eigenvalue weighted by Gasteiger charge is 2.23. The highest BCUT2D eigenvalue weighted by Crippen LogP contribution is 2.23. The van der Waals surface area contributed by atoms with Gasteiger partial charge in [0.15, 0.2) is 17.2 Å².